The van der Waals surface area contributed by atoms with E-state index in [0.29, 0.717) is 43.8 Å². The molecule has 13 aromatic rings. The minimum Gasteiger partial charge on any atom is -0.311 e. The molecule has 0 fully saturated rings. The number of nitrogens with zero attached hydrogens (tertiary/aromatic N) is 3. The van der Waals surface area contributed by atoms with Gasteiger partial charge in [-0.2, -0.15) is 0 Å². The maximum Gasteiger partial charge on any atom is 0.115 e. The zero-order valence-electron chi connectivity index (χ0n) is 37.9. The minimum absolute atomic E-state index is 0.168. The van der Waals surface area contributed by atoms with Gasteiger partial charge in [0.25, 0.3) is 0 Å². The van der Waals surface area contributed by atoms with Gasteiger partial charge < -0.3 is 13.7 Å². The van der Waals surface area contributed by atoms with Crippen LogP contribution in [-0.2, 0) is 0 Å². The van der Waals surface area contributed by atoms with E-state index in [0.717, 1.165) is 88.5 Å². The van der Waals surface area contributed by atoms with Crippen LogP contribution in [0, 0.1) is 0 Å². The highest BCUT2D eigenvalue weighted by Crippen LogP contribution is 2.41. The van der Waals surface area contributed by atoms with E-state index >= 15 is 0 Å². The van der Waals surface area contributed by atoms with Crippen molar-refractivity contribution >= 4 is 159 Å². The Balaban J connectivity index is 1.08. The predicted molar refractivity (Wildman–Crippen MR) is 303 cm³/mol. The second-order valence-corrected chi connectivity index (χ2v) is 18.0. The standard InChI is InChI=1S/C60H32B7N3/c61-52-49(36-25-28-47-42(30-36)41-27-24-35(33-14-4-1-5-15-33)31-48(41)70(47)44-22-12-10-20-39(44)34-16-6-2-7-17-34)53(62)57(66)59-50(52)51-54(63)55(64)56(65)58(67)60(51)69(59)38-26-29-46-43(32-38)40-21-11-13-23-45(40)68(46)37-18-8-3-9-19-37/h1-32H. The molecule has 13 rings (SSSR count). The van der Waals surface area contributed by atoms with Gasteiger partial charge in [0.1, 0.15) is 54.9 Å². The summed E-state index contributed by atoms with van der Waals surface area (Å²) < 4.78 is 6.60. The smallest absolute Gasteiger partial charge is 0.115 e. The Labute approximate surface area is 414 Å². The summed E-state index contributed by atoms with van der Waals surface area (Å²) in [6, 6.07) is 67.4. The molecule has 3 nitrogen and oxygen atoms in total. The average molecular weight is 871 g/mol. The molecule has 308 valence electrons. The van der Waals surface area contributed by atoms with Gasteiger partial charge in [-0.3, -0.25) is 0 Å². The van der Waals surface area contributed by atoms with Crippen molar-refractivity contribution in [3.05, 3.63) is 194 Å². The van der Waals surface area contributed by atoms with Crippen molar-refractivity contribution in [3.8, 4) is 50.4 Å². The summed E-state index contributed by atoms with van der Waals surface area (Å²) >= 11 is 0. The van der Waals surface area contributed by atoms with Crippen LogP contribution in [0.4, 0.5) is 0 Å². The Morgan fingerprint density at radius 2 is 0.814 bits per heavy atom. The summed E-state index contributed by atoms with van der Waals surface area (Å²) in [5, 5.41) is 5.29. The van der Waals surface area contributed by atoms with Crippen LogP contribution in [0.1, 0.15) is 0 Å². The van der Waals surface area contributed by atoms with Gasteiger partial charge in [-0.15, -0.1) is 10.9 Å². The zero-order chi connectivity index (χ0) is 47.5. The molecule has 0 N–H and O–H groups in total. The van der Waals surface area contributed by atoms with E-state index in [-0.39, 0.29) is 21.9 Å². The van der Waals surface area contributed by atoms with Crippen molar-refractivity contribution in [3.63, 3.8) is 0 Å². The SMILES string of the molecule is [B]c1c([B])c([B])c2c(c1[B])c1c([B])c(-c3ccc4c(c3)c3ccc(-c5ccccc5)cc3n4-c3ccccc3-c3ccccc3)c([B])c([B])c1n2-c1ccc2c(c1)c1ccccc1n2-c1ccccc1. The highest BCUT2D eigenvalue weighted by atomic mass is 15.0. The number of fused-ring (bicyclic) bond motifs is 9. The molecule has 0 atom stereocenters. The molecule has 0 bridgehead atoms. The van der Waals surface area contributed by atoms with E-state index in [1.807, 2.05) is 47.0 Å². The summed E-state index contributed by atoms with van der Waals surface area (Å²) in [6.07, 6.45) is 0. The largest absolute Gasteiger partial charge is 0.311 e. The summed E-state index contributed by atoms with van der Waals surface area (Å²) in [7, 11) is 49.6. The molecule has 3 aromatic heterocycles. The van der Waals surface area contributed by atoms with Crippen LogP contribution in [0.25, 0.3) is 116 Å². The van der Waals surface area contributed by atoms with E-state index in [2.05, 4.69) is 161 Å². The van der Waals surface area contributed by atoms with Gasteiger partial charge in [-0.25, -0.2) is 0 Å². The third-order valence-electron chi connectivity index (χ3n) is 14.2. The third kappa shape index (κ3) is 6.12. The molecule has 0 aliphatic carbocycles. The number of rotatable bonds is 6. The van der Waals surface area contributed by atoms with Gasteiger partial charge in [0.15, 0.2) is 0 Å². The van der Waals surface area contributed by atoms with Crippen LogP contribution in [0.15, 0.2) is 194 Å². The highest BCUT2D eigenvalue weighted by molar-refractivity contribution is 6.69. The topological polar surface area (TPSA) is 14.8 Å². The van der Waals surface area contributed by atoms with Gasteiger partial charge in [-0.05, 0) is 93.9 Å². The molecule has 0 unspecified atom stereocenters. The molecule has 0 saturated heterocycles. The first-order chi connectivity index (χ1) is 34.2. The molecule has 0 amide bonds. The molecule has 10 aromatic carbocycles. The fourth-order valence-corrected chi connectivity index (χ4v) is 11.0. The van der Waals surface area contributed by atoms with Crippen molar-refractivity contribution in [1.29, 1.82) is 0 Å². The number of para-hydroxylation sites is 3. The molecule has 0 aliphatic rings. The summed E-state index contributed by atoms with van der Waals surface area (Å²) in [5.41, 5.74) is 15.8. The van der Waals surface area contributed by atoms with Crippen molar-refractivity contribution < 1.29 is 0 Å². The highest BCUT2D eigenvalue weighted by Gasteiger charge is 2.26. The number of benzene rings is 10. The van der Waals surface area contributed by atoms with Crippen molar-refractivity contribution in [2.45, 2.75) is 0 Å². The van der Waals surface area contributed by atoms with Crippen molar-refractivity contribution in [2.24, 2.45) is 0 Å². The van der Waals surface area contributed by atoms with Gasteiger partial charge in [-0.1, -0.05) is 161 Å². The Hall–Kier alpha value is -7.95. The van der Waals surface area contributed by atoms with E-state index in [4.69, 9.17) is 54.9 Å². The van der Waals surface area contributed by atoms with E-state index < -0.39 is 0 Å². The lowest BCUT2D eigenvalue weighted by atomic mass is 9.64. The lowest BCUT2D eigenvalue weighted by Crippen LogP contribution is -2.48. The van der Waals surface area contributed by atoms with Crippen LogP contribution in [0.2, 0.25) is 0 Å². The predicted octanol–water partition coefficient (Wildman–Crippen LogP) is 7.54. The maximum absolute atomic E-state index is 7.51. The third-order valence-corrected chi connectivity index (χ3v) is 14.2. The second kappa shape index (κ2) is 16.1. The fraction of sp³-hybridized carbons (Fsp3) is 0. The van der Waals surface area contributed by atoms with E-state index in [9.17, 15) is 0 Å². The average Bonchev–Trinajstić information content (AvgIpc) is 4.06. The van der Waals surface area contributed by atoms with Crippen LogP contribution in [0.3, 0.4) is 0 Å². The van der Waals surface area contributed by atoms with Crippen LogP contribution in [0.5, 0.6) is 0 Å². The summed E-state index contributed by atoms with van der Waals surface area (Å²) in [5.74, 6) is 0. The minimum atomic E-state index is 0.168. The Morgan fingerprint density at radius 3 is 1.57 bits per heavy atom. The quantitative estimate of drug-likeness (QED) is 0.154. The lowest BCUT2D eigenvalue weighted by molar-refractivity contribution is 1.17. The summed E-state index contributed by atoms with van der Waals surface area (Å²) in [4.78, 5) is 0. The fourth-order valence-electron chi connectivity index (χ4n) is 11.0. The Morgan fingerprint density at radius 1 is 0.271 bits per heavy atom. The number of hydrogen-bond acceptors (Lipinski definition) is 0. The van der Waals surface area contributed by atoms with Gasteiger partial charge in [0.2, 0.25) is 0 Å². The van der Waals surface area contributed by atoms with Gasteiger partial charge in [0.05, 0.1) is 27.8 Å². The lowest BCUT2D eigenvalue weighted by Gasteiger charge is -2.19. The molecule has 70 heavy (non-hydrogen) atoms. The first-order valence-electron chi connectivity index (χ1n) is 23.1. The normalized spacial score (nSPS) is 11.8. The van der Waals surface area contributed by atoms with Crippen LogP contribution < -0.4 is 38.2 Å². The first-order valence-corrected chi connectivity index (χ1v) is 23.1. The summed E-state index contributed by atoms with van der Waals surface area (Å²) in [6.45, 7) is 0. The van der Waals surface area contributed by atoms with Gasteiger partial charge >= 0.3 is 0 Å². The zero-order valence-corrected chi connectivity index (χ0v) is 37.9. The van der Waals surface area contributed by atoms with E-state index in [1.165, 1.54) is 0 Å². The van der Waals surface area contributed by atoms with Crippen LogP contribution in [-0.4, -0.2) is 68.6 Å². The molecular weight excluding hydrogens is 838 g/mol. The molecule has 0 saturated carbocycles. The molecule has 0 spiro atoms. The number of aromatic nitrogens is 3. The molecule has 14 radical (unpaired) electrons. The van der Waals surface area contributed by atoms with Crippen molar-refractivity contribution in [2.75, 3.05) is 0 Å². The molecule has 3 heterocycles. The Kier molecular flexibility index (Phi) is 9.68. The number of hydrogen-bond donors (Lipinski definition) is 0. The second-order valence-electron chi connectivity index (χ2n) is 18.0. The van der Waals surface area contributed by atoms with Gasteiger partial charge in [0, 0.05) is 54.9 Å². The Bertz CT molecular complexity index is 4310. The first kappa shape index (κ1) is 42.2. The van der Waals surface area contributed by atoms with Crippen molar-refractivity contribution in [1.82, 2.24) is 13.7 Å². The monoisotopic (exact) mass is 871 g/mol. The molecular formula is C60H32B7N3. The maximum atomic E-state index is 7.51. The molecule has 10 heteroatoms. The molecule has 0 aliphatic heterocycles. The van der Waals surface area contributed by atoms with E-state index in [1.54, 1.807) is 0 Å². The van der Waals surface area contributed by atoms with Crippen LogP contribution >= 0.6 is 0 Å².